The van der Waals surface area contributed by atoms with E-state index in [1.165, 1.54) is 5.56 Å². The molecular formula is C15H18N4. The maximum Gasteiger partial charge on any atom is 0.143 e. The molecule has 0 radical (unpaired) electrons. The van der Waals surface area contributed by atoms with Crippen LogP contribution in [0.25, 0.3) is 0 Å². The summed E-state index contributed by atoms with van der Waals surface area (Å²) in [6, 6.07) is 14.1. The van der Waals surface area contributed by atoms with Gasteiger partial charge in [-0.15, -0.1) is 0 Å². The zero-order valence-corrected chi connectivity index (χ0v) is 11.0. The maximum atomic E-state index is 7.61. The minimum Gasteiger partial charge on any atom is -0.382 e. The fraction of sp³-hybridized carbons (Fsp3) is 0.200. The fourth-order valence-electron chi connectivity index (χ4n) is 2.03. The molecule has 4 heteroatoms. The quantitative estimate of drug-likeness (QED) is 0.636. The number of pyridine rings is 1. The number of hydrogen-bond donors (Lipinski definition) is 2. The van der Waals surface area contributed by atoms with Crippen molar-refractivity contribution in [2.75, 3.05) is 11.4 Å². The standard InChI is InChI=1S/C15H18N4/c1-2-19(11-12-7-4-3-5-8-12)13-9-6-10-18-14(13)15(16)17/h3-10H,2,11H2,1H3,(H3,16,17). The summed E-state index contributed by atoms with van der Waals surface area (Å²) < 4.78 is 0. The van der Waals surface area contributed by atoms with Crippen LogP contribution in [-0.2, 0) is 6.54 Å². The monoisotopic (exact) mass is 254 g/mol. The largest absolute Gasteiger partial charge is 0.382 e. The molecule has 1 aromatic heterocycles. The Labute approximate surface area is 113 Å². The smallest absolute Gasteiger partial charge is 0.143 e. The van der Waals surface area contributed by atoms with Gasteiger partial charge < -0.3 is 10.6 Å². The van der Waals surface area contributed by atoms with Crippen molar-refractivity contribution in [3.8, 4) is 0 Å². The minimum atomic E-state index is 0.00196. The molecule has 0 amide bonds. The van der Waals surface area contributed by atoms with Gasteiger partial charge in [0.1, 0.15) is 11.5 Å². The van der Waals surface area contributed by atoms with E-state index in [2.05, 4.69) is 28.9 Å². The third-order valence-electron chi connectivity index (χ3n) is 2.98. The molecule has 0 aliphatic heterocycles. The Morgan fingerprint density at radius 3 is 2.58 bits per heavy atom. The van der Waals surface area contributed by atoms with Gasteiger partial charge in [0.25, 0.3) is 0 Å². The first-order valence-corrected chi connectivity index (χ1v) is 6.30. The van der Waals surface area contributed by atoms with Crippen molar-refractivity contribution in [2.24, 2.45) is 5.73 Å². The summed E-state index contributed by atoms with van der Waals surface area (Å²) in [7, 11) is 0. The van der Waals surface area contributed by atoms with Crippen molar-refractivity contribution in [3.63, 3.8) is 0 Å². The van der Waals surface area contributed by atoms with Crippen LogP contribution in [0.4, 0.5) is 5.69 Å². The van der Waals surface area contributed by atoms with Crippen LogP contribution in [0.2, 0.25) is 0 Å². The Morgan fingerprint density at radius 2 is 1.95 bits per heavy atom. The highest BCUT2D eigenvalue weighted by molar-refractivity contribution is 5.98. The summed E-state index contributed by atoms with van der Waals surface area (Å²) in [4.78, 5) is 6.36. The molecule has 0 unspecified atom stereocenters. The molecule has 4 nitrogen and oxygen atoms in total. The molecule has 0 bridgehead atoms. The van der Waals surface area contributed by atoms with Gasteiger partial charge in [0.15, 0.2) is 0 Å². The first-order chi connectivity index (χ1) is 9.22. The number of benzene rings is 1. The zero-order chi connectivity index (χ0) is 13.7. The van der Waals surface area contributed by atoms with Crippen molar-refractivity contribution in [1.29, 1.82) is 5.41 Å². The number of nitrogen functional groups attached to an aromatic ring is 1. The molecule has 98 valence electrons. The SMILES string of the molecule is CCN(Cc1ccccc1)c1cccnc1C(=N)N. The van der Waals surface area contributed by atoms with Crippen molar-refractivity contribution in [1.82, 2.24) is 4.98 Å². The van der Waals surface area contributed by atoms with E-state index in [1.807, 2.05) is 30.3 Å². The lowest BCUT2D eigenvalue weighted by atomic mass is 10.2. The first kappa shape index (κ1) is 13.1. The number of rotatable bonds is 5. The molecule has 0 fully saturated rings. The predicted octanol–water partition coefficient (Wildman–Crippen LogP) is 2.39. The lowest BCUT2D eigenvalue weighted by Gasteiger charge is -2.24. The highest BCUT2D eigenvalue weighted by atomic mass is 15.1. The molecule has 0 aliphatic rings. The van der Waals surface area contributed by atoms with Crippen LogP contribution in [0.3, 0.4) is 0 Å². The van der Waals surface area contributed by atoms with Crippen LogP contribution in [0.5, 0.6) is 0 Å². The number of anilines is 1. The molecule has 1 aromatic carbocycles. The second-order valence-corrected chi connectivity index (χ2v) is 4.28. The van der Waals surface area contributed by atoms with Gasteiger partial charge >= 0.3 is 0 Å². The van der Waals surface area contributed by atoms with Crippen molar-refractivity contribution >= 4 is 11.5 Å². The normalized spacial score (nSPS) is 10.2. The average Bonchev–Trinajstić information content (AvgIpc) is 2.46. The minimum absolute atomic E-state index is 0.00196. The van der Waals surface area contributed by atoms with Crippen LogP contribution < -0.4 is 10.6 Å². The Bertz CT molecular complexity index is 551. The van der Waals surface area contributed by atoms with Gasteiger partial charge in [-0.3, -0.25) is 10.4 Å². The van der Waals surface area contributed by atoms with Gasteiger partial charge in [0.05, 0.1) is 5.69 Å². The van der Waals surface area contributed by atoms with Gasteiger partial charge in [-0.2, -0.15) is 0 Å². The van der Waals surface area contributed by atoms with Crippen LogP contribution in [0.15, 0.2) is 48.7 Å². The Morgan fingerprint density at radius 1 is 1.21 bits per heavy atom. The molecule has 0 spiro atoms. The van der Waals surface area contributed by atoms with Gasteiger partial charge in [-0.05, 0) is 24.6 Å². The highest BCUT2D eigenvalue weighted by Gasteiger charge is 2.12. The number of nitrogens with two attached hydrogens (primary N) is 1. The molecule has 3 N–H and O–H groups in total. The number of aromatic nitrogens is 1. The van der Waals surface area contributed by atoms with Crippen LogP contribution in [0.1, 0.15) is 18.2 Å². The molecule has 2 aromatic rings. The number of nitrogens with zero attached hydrogens (tertiary/aromatic N) is 2. The van der Waals surface area contributed by atoms with Crippen LogP contribution in [0, 0.1) is 5.41 Å². The molecule has 19 heavy (non-hydrogen) atoms. The average molecular weight is 254 g/mol. The van der Waals surface area contributed by atoms with Gasteiger partial charge in [-0.25, -0.2) is 0 Å². The summed E-state index contributed by atoms with van der Waals surface area (Å²) >= 11 is 0. The van der Waals surface area contributed by atoms with E-state index < -0.39 is 0 Å². The number of amidine groups is 1. The van der Waals surface area contributed by atoms with E-state index in [4.69, 9.17) is 11.1 Å². The van der Waals surface area contributed by atoms with Gasteiger partial charge in [-0.1, -0.05) is 30.3 Å². The van der Waals surface area contributed by atoms with E-state index in [-0.39, 0.29) is 5.84 Å². The molecule has 2 rings (SSSR count). The van der Waals surface area contributed by atoms with E-state index in [9.17, 15) is 0 Å². The lowest BCUT2D eigenvalue weighted by Crippen LogP contribution is -2.26. The fourth-order valence-corrected chi connectivity index (χ4v) is 2.03. The summed E-state index contributed by atoms with van der Waals surface area (Å²) in [6.07, 6.45) is 1.66. The molecule has 0 atom stereocenters. The Hall–Kier alpha value is -2.36. The van der Waals surface area contributed by atoms with Crippen molar-refractivity contribution < 1.29 is 0 Å². The molecule has 0 saturated carbocycles. The summed E-state index contributed by atoms with van der Waals surface area (Å²) in [5.41, 5.74) is 8.27. The molecule has 0 saturated heterocycles. The van der Waals surface area contributed by atoms with Crippen LogP contribution in [-0.4, -0.2) is 17.4 Å². The lowest BCUT2D eigenvalue weighted by molar-refractivity contribution is 0.827. The third-order valence-corrected chi connectivity index (χ3v) is 2.98. The topological polar surface area (TPSA) is 66.0 Å². The third kappa shape index (κ3) is 3.10. The van der Waals surface area contributed by atoms with E-state index in [0.717, 1.165) is 18.8 Å². The van der Waals surface area contributed by atoms with E-state index in [1.54, 1.807) is 6.20 Å². The maximum absolute atomic E-state index is 7.61. The number of hydrogen-bond acceptors (Lipinski definition) is 3. The second-order valence-electron chi connectivity index (χ2n) is 4.28. The second kappa shape index (κ2) is 6.00. The van der Waals surface area contributed by atoms with Crippen molar-refractivity contribution in [3.05, 3.63) is 59.9 Å². The predicted molar refractivity (Wildman–Crippen MR) is 78.4 cm³/mol. The summed E-state index contributed by atoms with van der Waals surface area (Å²) in [6.45, 7) is 3.70. The number of nitrogens with one attached hydrogen (secondary N) is 1. The Kier molecular flexibility index (Phi) is 4.13. The molecular weight excluding hydrogens is 236 g/mol. The highest BCUT2D eigenvalue weighted by Crippen LogP contribution is 2.20. The molecule has 0 aliphatic carbocycles. The summed E-state index contributed by atoms with van der Waals surface area (Å²) in [5.74, 6) is 0.00196. The zero-order valence-electron chi connectivity index (χ0n) is 11.0. The van der Waals surface area contributed by atoms with E-state index >= 15 is 0 Å². The van der Waals surface area contributed by atoms with E-state index in [0.29, 0.717) is 5.69 Å². The van der Waals surface area contributed by atoms with Crippen LogP contribution >= 0.6 is 0 Å². The Balaban J connectivity index is 2.30. The first-order valence-electron chi connectivity index (χ1n) is 6.30. The van der Waals surface area contributed by atoms with Gasteiger partial charge in [0.2, 0.25) is 0 Å². The van der Waals surface area contributed by atoms with Gasteiger partial charge in [0, 0.05) is 19.3 Å². The summed E-state index contributed by atoms with van der Waals surface area (Å²) in [5, 5.41) is 7.61. The molecule has 1 heterocycles. The van der Waals surface area contributed by atoms with Crippen molar-refractivity contribution in [2.45, 2.75) is 13.5 Å².